The van der Waals surface area contributed by atoms with Crippen molar-refractivity contribution in [3.8, 4) is 5.88 Å². The van der Waals surface area contributed by atoms with Gasteiger partial charge in [0.05, 0.1) is 11.3 Å². The number of hydrogen-bond acceptors (Lipinski definition) is 4. The van der Waals surface area contributed by atoms with Gasteiger partial charge in [0.15, 0.2) is 0 Å². The van der Waals surface area contributed by atoms with E-state index in [0.29, 0.717) is 11.6 Å². The van der Waals surface area contributed by atoms with Crippen LogP contribution in [0.5, 0.6) is 5.88 Å². The lowest BCUT2D eigenvalue weighted by Crippen LogP contribution is -2.15. The Hall–Kier alpha value is -0.970. The van der Waals surface area contributed by atoms with Gasteiger partial charge in [-0.25, -0.2) is 0 Å². The van der Waals surface area contributed by atoms with Crippen LogP contribution in [0.3, 0.4) is 0 Å². The van der Waals surface area contributed by atoms with Crippen LogP contribution in [0.25, 0.3) is 0 Å². The molecule has 1 aromatic rings. The van der Waals surface area contributed by atoms with E-state index in [1.807, 2.05) is 0 Å². The normalized spacial score (nSPS) is 11.7. The van der Waals surface area contributed by atoms with Gasteiger partial charge in [-0.15, -0.1) is 11.8 Å². The molecule has 84 valence electrons. The van der Waals surface area contributed by atoms with Gasteiger partial charge >= 0.3 is 0 Å². The van der Waals surface area contributed by atoms with E-state index >= 15 is 0 Å². The SMILES string of the molecule is Cc1c(O)nc(CSC(C)(C)C)[nH]c1=O. The van der Waals surface area contributed by atoms with Gasteiger partial charge in [0.1, 0.15) is 5.82 Å². The minimum atomic E-state index is -0.271. The van der Waals surface area contributed by atoms with Gasteiger partial charge in [-0.2, -0.15) is 4.98 Å². The summed E-state index contributed by atoms with van der Waals surface area (Å²) in [6.45, 7) is 7.80. The van der Waals surface area contributed by atoms with Crippen molar-refractivity contribution in [3.05, 3.63) is 21.7 Å². The molecule has 1 aromatic heterocycles. The molecule has 0 atom stereocenters. The molecule has 0 radical (unpaired) electrons. The number of aromatic amines is 1. The zero-order valence-corrected chi connectivity index (χ0v) is 10.2. The van der Waals surface area contributed by atoms with Crippen LogP contribution in [-0.4, -0.2) is 19.8 Å². The summed E-state index contributed by atoms with van der Waals surface area (Å²) >= 11 is 1.67. The Balaban J connectivity index is 2.84. The summed E-state index contributed by atoms with van der Waals surface area (Å²) < 4.78 is 0.110. The zero-order valence-electron chi connectivity index (χ0n) is 9.42. The molecule has 0 spiro atoms. The number of nitrogens with one attached hydrogen (secondary N) is 1. The van der Waals surface area contributed by atoms with E-state index < -0.39 is 0 Å². The highest BCUT2D eigenvalue weighted by Gasteiger charge is 2.12. The highest BCUT2D eigenvalue weighted by molar-refractivity contribution is 7.99. The maximum absolute atomic E-state index is 11.3. The van der Waals surface area contributed by atoms with E-state index in [1.165, 1.54) is 0 Å². The first-order chi connectivity index (χ1) is 6.79. The standard InChI is InChI=1S/C10H16N2O2S/c1-6-8(13)11-7(12-9(6)14)5-15-10(2,3)4/h5H2,1-4H3,(H2,11,12,13,14). The van der Waals surface area contributed by atoms with E-state index in [4.69, 9.17) is 0 Å². The van der Waals surface area contributed by atoms with Crippen LogP contribution in [0, 0.1) is 6.92 Å². The Morgan fingerprint density at radius 3 is 2.53 bits per heavy atom. The van der Waals surface area contributed by atoms with E-state index in [1.54, 1.807) is 18.7 Å². The van der Waals surface area contributed by atoms with Crippen LogP contribution in [-0.2, 0) is 5.75 Å². The molecule has 1 rings (SSSR count). The van der Waals surface area contributed by atoms with E-state index in [0.717, 1.165) is 0 Å². The van der Waals surface area contributed by atoms with Crippen molar-refractivity contribution < 1.29 is 5.11 Å². The van der Waals surface area contributed by atoms with Crippen molar-refractivity contribution in [1.29, 1.82) is 0 Å². The maximum Gasteiger partial charge on any atom is 0.257 e. The van der Waals surface area contributed by atoms with Gasteiger partial charge in [-0.05, 0) is 6.92 Å². The van der Waals surface area contributed by atoms with Crippen LogP contribution < -0.4 is 5.56 Å². The second-order valence-electron chi connectivity index (χ2n) is 4.36. The molecule has 1 heterocycles. The summed E-state index contributed by atoms with van der Waals surface area (Å²) in [5.41, 5.74) is -0.00785. The Labute approximate surface area is 93.1 Å². The van der Waals surface area contributed by atoms with Crippen molar-refractivity contribution in [2.24, 2.45) is 0 Å². The Bertz CT molecular complexity index is 407. The second-order valence-corrected chi connectivity index (χ2v) is 6.16. The first-order valence-corrected chi connectivity index (χ1v) is 5.71. The molecule has 0 saturated heterocycles. The fraction of sp³-hybridized carbons (Fsp3) is 0.600. The first kappa shape index (κ1) is 12.1. The van der Waals surface area contributed by atoms with Crippen molar-refractivity contribution >= 4 is 11.8 Å². The molecule has 0 unspecified atom stereocenters. The molecule has 4 nitrogen and oxygen atoms in total. The average Bonchev–Trinajstić information content (AvgIpc) is 2.09. The molecule has 0 aliphatic rings. The highest BCUT2D eigenvalue weighted by atomic mass is 32.2. The lowest BCUT2D eigenvalue weighted by Gasteiger charge is -2.16. The topological polar surface area (TPSA) is 66.0 Å². The summed E-state index contributed by atoms with van der Waals surface area (Å²) in [5, 5.41) is 9.37. The van der Waals surface area contributed by atoms with E-state index in [-0.39, 0.29) is 21.7 Å². The van der Waals surface area contributed by atoms with Gasteiger partial charge in [-0.1, -0.05) is 20.8 Å². The predicted octanol–water partition coefficient (Wildman–Crippen LogP) is 1.82. The fourth-order valence-electron chi connectivity index (χ4n) is 0.919. The maximum atomic E-state index is 11.3. The van der Waals surface area contributed by atoms with Crippen LogP contribution in [0.1, 0.15) is 32.2 Å². The highest BCUT2D eigenvalue weighted by Crippen LogP contribution is 2.26. The van der Waals surface area contributed by atoms with Crippen LogP contribution in [0.2, 0.25) is 0 Å². The number of rotatable bonds is 2. The summed E-state index contributed by atoms with van der Waals surface area (Å²) in [4.78, 5) is 17.9. The lowest BCUT2D eigenvalue weighted by atomic mass is 10.3. The molecule has 0 saturated carbocycles. The summed E-state index contributed by atoms with van der Waals surface area (Å²) in [6.07, 6.45) is 0. The van der Waals surface area contributed by atoms with Crippen molar-refractivity contribution in [2.45, 2.75) is 38.2 Å². The van der Waals surface area contributed by atoms with Gasteiger partial charge < -0.3 is 10.1 Å². The quantitative estimate of drug-likeness (QED) is 0.810. The monoisotopic (exact) mass is 228 g/mol. The molecule has 0 aliphatic heterocycles. The molecule has 5 heteroatoms. The molecule has 0 amide bonds. The number of aromatic hydroxyl groups is 1. The summed E-state index contributed by atoms with van der Waals surface area (Å²) in [7, 11) is 0. The number of nitrogens with zero attached hydrogens (tertiary/aromatic N) is 1. The molecule has 2 N–H and O–H groups in total. The van der Waals surface area contributed by atoms with Crippen molar-refractivity contribution in [2.75, 3.05) is 0 Å². The van der Waals surface area contributed by atoms with Gasteiger partial charge in [0, 0.05) is 4.75 Å². The number of thioether (sulfide) groups is 1. The van der Waals surface area contributed by atoms with E-state index in [9.17, 15) is 9.90 Å². The largest absolute Gasteiger partial charge is 0.493 e. The van der Waals surface area contributed by atoms with Gasteiger partial charge in [0.2, 0.25) is 5.88 Å². The minimum absolute atomic E-state index is 0.110. The first-order valence-electron chi connectivity index (χ1n) is 4.72. The average molecular weight is 228 g/mol. The number of H-pyrrole nitrogens is 1. The van der Waals surface area contributed by atoms with Crippen molar-refractivity contribution in [3.63, 3.8) is 0 Å². The lowest BCUT2D eigenvalue weighted by molar-refractivity contribution is 0.444. The minimum Gasteiger partial charge on any atom is -0.493 e. The van der Waals surface area contributed by atoms with Gasteiger partial charge in [0.25, 0.3) is 5.56 Å². The van der Waals surface area contributed by atoms with Crippen molar-refractivity contribution in [1.82, 2.24) is 9.97 Å². The third kappa shape index (κ3) is 3.58. The molecule has 15 heavy (non-hydrogen) atoms. The zero-order chi connectivity index (χ0) is 11.6. The molecular formula is C10H16N2O2S. The van der Waals surface area contributed by atoms with E-state index in [2.05, 4.69) is 30.7 Å². The second kappa shape index (κ2) is 4.26. The van der Waals surface area contributed by atoms with Gasteiger partial charge in [-0.3, -0.25) is 4.79 Å². The third-order valence-electron chi connectivity index (χ3n) is 1.82. The van der Waals surface area contributed by atoms with Crippen LogP contribution in [0.15, 0.2) is 4.79 Å². The smallest absolute Gasteiger partial charge is 0.257 e. The fourth-order valence-corrected chi connectivity index (χ4v) is 1.63. The Morgan fingerprint density at radius 2 is 2.07 bits per heavy atom. The molecule has 0 aliphatic carbocycles. The molecule has 0 aromatic carbocycles. The van der Waals surface area contributed by atoms with Crippen LogP contribution in [0.4, 0.5) is 0 Å². The predicted molar refractivity (Wildman–Crippen MR) is 62.3 cm³/mol. The molecule has 0 fully saturated rings. The van der Waals surface area contributed by atoms with Crippen LogP contribution >= 0.6 is 11.8 Å². The Kier molecular flexibility index (Phi) is 3.44. The molecule has 0 bridgehead atoms. The Morgan fingerprint density at radius 1 is 1.47 bits per heavy atom. The summed E-state index contributed by atoms with van der Waals surface area (Å²) in [6, 6.07) is 0. The molecular weight excluding hydrogens is 212 g/mol. The summed E-state index contributed by atoms with van der Waals surface area (Å²) in [5.74, 6) is 0.929. The third-order valence-corrected chi connectivity index (χ3v) is 3.10. The number of aromatic nitrogens is 2. The number of hydrogen-bond donors (Lipinski definition) is 2.